The molecule has 2 fully saturated rings. The van der Waals surface area contributed by atoms with E-state index in [9.17, 15) is 4.79 Å². The molecule has 0 spiro atoms. The molecule has 1 aromatic rings. The number of carbonyl (C=O) groups is 1. The number of hydrogen-bond acceptors (Lipinski definition) is 3. The molecule has 0 aromatic carbocycles. The van der Waals surface area contributed by atoms with E-state index in [-0.39, 0.29) is 11.1 Å². The highest BCUT2D eigenvalue weighted by Gasteiger charge is 2.38. The summed E-state index contributed by atoms with van der Waals surface area (Å²) in [5.74, 6) is 0.897. The standard InChI is InChI=1S/C11H13ClN2O2/c12-10-2-1-9(16-10)11(15)14-6-7-3-8(14)5-13-4-7/h1-2,7-8,13H,3-6H2. The van der Waals surface area contributed by atoms with Gasteiger partial charge in [0.1, 0.15) is 0 Å². The van der Waals surface area contributed by atoms with Crippen molar-refractivity contribution in [3.8, 4) is 0 Å². The van der Waals surface area contributed by atoms with Crippen LogP contribution in [0.2, 0.25) is 5.22 Å². The van der Waals surface area contributed by atoms with Gasteiger partial charge in [-0.15, -0.1) is 0 Å². The van der Waals surface area contributed by atoms with E-state index in [1.807, 2.05) is 4.90 Å². The molecular weight excluding hydrogens is 228 g/mol. The van der Waals surface area contributed by atoms with Crippen LogP contribution in [0, 0.1) is 5.92 Å². The fourth-order valence-electron chi connectivity index (χ4n) is 2.63. The van der Waals surface area contributed by atoms with Gasteiger partial charge in [-0.1, -0.05) is 0 Å². The highest BCUT2D eigenvalue weighted by molar-refractivity contribution is 6.29. The molecule has 2 aliphatic heterocycles. The minimum Gasteiger partial charge on any atom is -0.440 e. The maximum absolute atomic E-state index is 12.1. The number of nitrogens with zero attached hydrogens (tertiary/aromatic N) is 1. The van der Waals surface area contributed by atoms with Crippen LogP contribution < -0.4 is 5.32 Å². The summed E-state index contributed by atoms with van der Waals surface area (Å²) in [4.78, 5) is 14.1. The van der Waals surface area contributed by atoms with E-state index in [0.717, 1.165) is 26.1 Å². The molecule has 16 heavy (non-hydrogen) atoms. The SMILES string of the molecule is O=C(c1ccc(Cl)o1)N1CC2CNCC1C2. The predicted octanol–water partition coefficient (Wildman–Crippen LogP) is 1.37. The molecule has 3 heterocycles. The number of piperidine rings is 1. The summed E-state index contributed by atoms with van der Waals surface area (Å²) < 4.78 is 5.16. The zero-order valence-electron chi connectivity index (χ0n) is 8.78. The zero-order chi connectivity index (χ0) is 11.1. The number of rotatable bonds is 1. The Morgan fingerprint density at radius 3 is 3.06 bits per heavy atom. The van der Waals surface area contributed by atoms with Crippen LogP contribution in [0.4, 0.5) is 0 Å². The molecule has 2 unspecified atom stereocenters. The second kappa shape index (κ2) is 3.79. The summed E-state index contributed by atoms with van der Waals surface area (Å²) in [6.45, 7) is 2.73. The van der Waals surface area contributed by atoms with Gasteiger partial charge in [0.25, 0.3) is 5.91 Å². The van der Waals surface area contributed by atoms with Gasteiger partial charge >= 0.3 is 0 Å². The fraction of sp³-hybridized carbons (Fsp3) is 0.545. The van der Waals surface area contributed by atoms with Crippen molar-refractivity contribution in [3.63, 3.8) is 0 Å². The Morgan fingerprint density at radius 2 is 2.38 bits per heavy atom. The lowest BCUT2D eigenvalue weighted by Crippen LogP contribution is -2.41. The largest absolute Gasteiger partial charge is 0.440 e. The Labute approximate surface area is 98.5 Å². The average Bonchev–Trinajstić information content (AvgIpc) is 2.83. The minimum atomic E-state index is -0.0388. The number of fused-ring (bicyclic) bond motifs is 2. The zero-order valence-corrected chi connectivity index (χ0v) is 9.54. The molecule has 0 saturated carbocycles. The molecule has 2 saturated heterocycles. The third kappa shape index (κ3) is 1.62. The van der Waals surface area contributed by atoms with Gasteiger partial charge in [0.05, 0.1) is 0 Å². The van der Waals surface area contributed by atoms with Crippen molar-refractivity contribution in [3.05, 3.63) is 23.1 Å². The van der Waals surface area contributed by atoms with E-state index in [4.69, 9.17) is 16.0 Å². The summed E-state index contributed by atoms with van der Waals surface area (Å²) in [7, 11) is 0. The third-order valence-electron chi connectivity index (χ3n) is 3.36. The Bertz CT molecular complexity index is 418. The molecule has 1 N–H and O–H groups in total. The molecule has 2 atom stereocenters. The van der Waals surface area contributed by atoms with Crippen LogP contribution in [0.3, 0.4) is 0 Å². The molecule has 1 aromatic heterocycles. The van der Waals surface area contributed by atoms with E-state index < -0.39 is 0 Å². The molecule has 0 aliphatic carbocycles. The van der Waals surface area contributed by atoms with Gasteiger partial charge in [0, 0.05) is 19.1 Å². The van der Waals surface area contributed by atoms with Crippen molar-refractivity contribution in [2.24, 2.45) is 5.92 Å². The second-order valence-electron chi connectivity index (χ2n) is 4.48. The number of amides is 1. The topological polar surface area (TPSA) is 45.5 Å². The molecule has 3 rings (SSSR count). The van der Waals surface area contributed by atoms with Crippen LogP contribution in [0.1, 0.15) is 17.0 Å². The smallest absolute Gasteiger partial charge is 0.289 e. The number of likely N-dealkylation sites (tertiary alicyclic amines) is 1. The molecule has 5 heteroatoms. The van der Waals surface area contributed by atoms with Crippen molar-refractivity contribution < 1.29 is 9.21 Å². The van der Waals surface area contributed by atoms with Gasteiger partial charge in [-0.25, -0.2) is 0 Å². The minimum absolute atomic E-state index is 0.0388. The molecule has 2 bridgehead atoms. The van der Waals surface area contributed by atoms with E-state index in [1.165, 1.54) is 0 Å². The van der Waals surface area contributed by atoms with Gasteiger partial charge < -0.3 is 14.6 Å². The number of furan rings is 1. The molecule has 86 valence electrons. The lowest BCUT2D eigenvalue weighted by Gasteiger charge is -2.24. The quantitative estimate of drug-likeness (QED) is 0.807. The predicted molar refractivity (Wildman–Crippen MR) is 59.5 cm³/mol. The van der Waals surface area contributed by atoms with Gasteiger partial charge in [-0.05, 0) is 42.6 Å². The molecular formula is C11H13ClN2O2. The Balaban J connectivity index is 1.80. The first kappa shape index (κ1) is 10.2. The monoisotopic (exact) mass is 240 g/mol. The van der Waals surface area contributed by atoms with E-state index in [2.05, 4.69) is 5.32 Å². The van der Waals surface area contributed by atoms with E-state index in [0.29, 0.717) is 17.7 Å². The summed E-state index contributed by atoms with van der Waals surface area (Å²) >= 11 is 5.67. The molecule has 0 radical (unpaired) electrons. The maximum Gasteiger partial charge on any atom is 0.289 e. The lowest BCUT2D eigenvalue weighted by molar-refractivity contribution is 0.0708. The Kier molecular flexibility index (Phi) is 2.41. The van der Waals surface area contributed by atoms with Crippen molar-refractivity contribution >= 4 is 17.5 Å². The van der Waals surface area contributed by atoms with Crippen LogP contribution in [0.15, 0.2) is 16.5 Å². The van der Waals surface area contributed by atoms with Crippen LogP contribution in [0.5, 0.6) is 0 Å². The van der Waals surface area contributed by atoms with E-state index >= 15 is 0 Å². The fourth-order valence-corrected chi connectivity index (χ4v) is 2.77. The van der Waals surface area contributed by atoms with Gasteiger partial charge in [0.2, 0.25) is 0 Å². The lowest BCUT2D eigenvalue weighted by atomic mass is 10.0. The number of hydrogen-bond donors (Lipinski definition) is 1. The second-order valence-corrected chi connectivity index (χ2v) is 4.85. The maximum atomic E-state index is 12.1. The summed E-state index contributed by atoms with van der Waals surface area (Å²) in [5, 5.41) is 3.60. The normalized spacial score (nSPS) is 28.4. The average molecular weight is 241 g/mol. The van der Waals surface area contributed by atoms with Crippen molar-refractivity contribution in [1.29, 1.82) is 0 Å². The number of nitrogens with one attached hydrogen (secondary N) is 1. The number of carbonyl (C=O) groups excluding carboxylic acids is 1. The van der Waals surface area contributed by atoms with Crippen molar-refractivity contribution in [1.82, 2.24) is 10.2 Å². The van der Waals surface area contributed by atoms with Crippen LogP contribution >= 0.6 is 11.6 Å². The first-order valence-electron chi connectivity index (χ1n) is 5.51. The molecule has 2 aliphatic rings. The first-order chi connectivity index (χ1) is 7.74. The van der Waals surface area contributed by atoms with Crippen molar-refractivity contribution in [2.75, 3.05) is 19.6 Å². The van der Waals surface area contributed by atoms with Crippen LogP contribution in [-0.2, 0) is 0 Å². The van der Waals surface area contributed by atoms with Gasteiger partial charge in [-0.2, -0.15) is 0 Å². The van der Waals surface area contributed by atoms with Gasteiger partial charge in [0.15, 0.2) is 11.0 Å². The summed E-state index contributed by atoms with van der Waals surface area (Å²) in [6, 6.07) is 3.56. The van der Waals surface area contributed by atoms with Gasteiger partial charge in [-0.3, -0.25) is 4.79 Å². The summed E-state index contributed by atoms with van der Waals surface area (Å²) in [5.41, 5.74) is 0. The third-order valence-corrected chi connectivity index (χ3v) is 3.56. The molecule has 4 nitrogen and oxygen atoms in total. The van der Waals surface area contributed by atoms with E-state index in [1.54, 1.807) is 12.1 Å². The number of halogens is 1. The Morgan fingerprint density at radius 1 is 1.50 bits per heavy atom. The Hall–Kier alpha value is -1.00. The van der Waals surface area contributed by atoms with Crippen LogP contribution in [-0.4, -0.2) is 36.5 Å². The molecule has 1 amide bonds. The summed E-state index contributed by atoms with van der Waals surface area (Å²) in [6.07, 6.45) is 1.10. The van der Waals surface area contributed by atoms with Crippen LogP contribution in [0.25, 0.3) is 0 Å². The highest BCUT2D eigenvalue weighted by Crippen LogP contribution is 2.28. The first-order valence-corrected chi connectivity index (χ1v) is 5.89. The van der Waals surface area contributed by atoms with Crippen molar-refractivity contribution in [2.45, 2.75) is 12.5 Å². The highest BCUT2D eigenvalue weighted by atomic mass is 35.5.